The van der Waals surface area contributed by atoms with E-state index in [-0.39, 0.29) is 16.5 Å². The number of nitro benzene ring substituents is 1. The topological polar surface area (TPSA) is 97.6 Å². The first kappa shape index (κ1) is 20.7. The number of amides is 2. The number of rotatable bonds is 3. The Balaban J connectivity index is 1.63. The minimum atomic E-state index is -1.31. The van der Waals surface area contributed by atoms with Crippen LogP contribution in [0.15, 0.2) is 66.7 Å². The Hall–Kier alpha value is -3.84. The summed E-state index contributed by atoms with van der Waals surface area (Å²) >= 11 is 5.96. The van der Waals surface area contributed by atoms with Gasteiger partial charge in [0.05, 0.1) is 27.9 Å². The second kappa shape index (κ2) is 6.84. The Labute approximate surface area is 199 Å². The molecular formula is C26H17ClN2O5. The number of nitro groups is 1. The van der Waals surface area contributed by atoms with Crippen LogP contribution < -0.4 is 4.90 Å². The van der Waals surface area contributed by atoms with Crippen LogP contribution in [0, 0.1) is 22.0 Å². The highest BCUT2D eigenvalue weighted by molar-refractivity contribution is 6.33. The van der Waals surface area contributed by atoms with E-state index in [1.165, 1.54) is 19.1 Å². The van der Waals surface area contributed by atoms with Gasteiger partial charge in [0.15, 0.2) is 0 Å². The van der Waals surface area contributed by atoms with Crippen molar-refractivity contribution in [2.75, 3.05) is 4.90 Å². The Bertz CT molecular complexity index is 1420. The molecule has 0 spiro atoms. The van der Waals surface area contributed by atoms with Crippen molar-refractivity contribution in [3.63, 3.8) is 0 Å². The average molecular weight is 473 g/mol. The number of hydrogen-bond acceptors (Lipinski definition) is 5. The molecule has 34 heavy (non-hydrogen) atoms. The lowest BCUT2D eigenvalue weighted by molar-refractivity contribution is -0.384. The summed E-state index contributed by atoms with van der Waals surface area (Å²) in [6.45, 7) is 1.46. The maximum atomic E-state index is 14.0. The van der Waals surface area contributed by atoms with Crippen molar-refractivity contribution in [3.05, 3.63) is 104 Å². The maximum absolute atomic E-state index is 14.0. The van der Waals surface area contributed by atoms with Crippen LogP contribution in [0.25, 0.3) is 0 Å². The van der Waals surface area contributed by atoms with Crippen LogP contribution in [0.1, 0.15) is 35.1 Å². The van der Waals surface area contributed by atoms with Gasteiger partial charge in [0.1, 0.15) is 10.8 Å². The zero-order valence-electron chi connectivity index (χ0n) is 17.9. The molecule has 1 saturated heterocycles. The molecule has 2 amide bonds. The van der Waals surface area contributed by atoms with E-state index in [4.69, 9.17) is 11.6 Å². The lowest BCUT2D eigenvalue weighted by atomic mass is 9.46. The SMILES string of the molecule is CC(=O)C12c3ccccc3C(c3ccccc31)[C@H]1C(=O)N(c3ccc(Cl)c([N+](=O)[O-])c3)C(=O)[C@@H]12. The van der Waals surface area contributed by atoms with Gasteiger partial charge in [0.2, 0.25) is 11.8 Å². The van der Waals surface area contributed by atoms with E-state index < -0.39 is 45.6 Å². The summed E-state index contributed by atoms with van der Waals surface area (Å²) in [6.07, 6.45) is 0. The summed E-state index contributed by atoms with van der Waals surface area (Å²) in [6, 6.07) is 18.8. The highest BCUT2D eigenvalue weighted by Crippen LogP contribution is 2.64. The van der Waals surface area contributed by atoms with Crippen LogP contribution in [-0.2, 0) is 19.8 Å². The molecule has 4 aliphatic rings. The van der Waals surface area contributed by atoms with Crippen LogP contribution in [-0.4, -0.2) is 22.5 Å². The molecule has 1 fully saturated rings. The predicted octanol–water partition coefficient (Wildman–Crippen LogP) is 4.39. The summed E-state index contributed by atoms with van der Waals surface area (Å²) < 4.78 is 0. The second-order valence-corrected chi connectivity index (χ2v) is 9.33. The molecule has 3 aliphatic carbocycles. The molecule has 7 nitrogen and oxygen atoms in total. The monoisotopic (exact) mass is 472 g/mol. The summed E-state index contributed by atoms with van der Waals surface area (Å²) in [5.74, 6) is -3.35. The van der Waals surface area contributed by atoms with Crippen LogP contribution >= 0.6 is 11.6 Å². The largest absolute Gasteiger partial charge is 0.299 e. The minimum Gasteiger partial charge on any atom is -0.299 e. The van der Waals surface area contributed by atoms with Crippen molar-refractivity contribution >= 4 is 40.6 Å². The number of benzene rings is 3. The van der Waals surface area contributed by atoms with E-state index >= 15 is 0 Å². The van der Waals surface area contributed by atoms with E-state index in [0.717, 1.165) is 33.2 Å². The summed E-state index contributed by atoms with van der Waals surface area (Å²) in [5.41, 5.74) is 1.59. The van der Waals surface area contributed by atoms with Gasteiger partial charge in [-0.1, -0.05) is 60.1 Å². The summed E-state index contributed by atoms with van der Waals surface area (Å²) in [4.78, 5) is 53.2. The number of nitrogens with zero attached hydrogens (tertiary/aromatic N) is 2. The first-order chi connectivity index (χ1) is 16.3. The van der Waals surface area contributed by atoms with Crippen LogP contribution in [0.4, 0.5) is 11.4 Å². The second-order valence-electron chi connectivity index (χ2n) is 8.92. The summed E-state index contributed by atoms with van der Waals surface area (Å²) in [5, 5.41) is 11.4. The van der Waals surface area contributed by atoms with Gasteiger partial charge in [-0.05, 0) is 41.3 Å². The van der Waals surface area contributed by atoms with Gasteiger partial charge in [-0.15, -0.1) is 0 Å². The Kier molecular flexibility index (Phi) is 4.17. The average Bonchev–Trinajstić information content (AvgIpc) is 3.10. The number of carbonyl (C=O) groups is 3. The van der Waals surface area contributed by atoms with Gasteiger partial charge in [0.25, 0.3) is 5.69 Å². The molecule has 0 saturated carbocycles. The number of carbonyl (C=O) groups excluding carboxylic acids is 3. The van der Waals surface area contributed by atoms with Crippen LogP contribution in [0.3, 0.4) is 0 Å². The van der Waals surface area contributed by atoms with Gasteiger partial charge >= 0.3 is 0 Å². The van der Waals surface area contributed by atoms with Crippen molar-refractivity contribution in [2.45, 2.75) is 18.3 Å². The van der Waals surface area contributed by atoms with Gasteiger partial charge in [0, 0.05) is 12.0 Å². The third kappa shape index (κ3) is 2.29. The smallest absolute Gasteiger partial charge is 0.289 e. The fraction of sp³-hybridized carbons (Fsp3) is 0.192. The van der Waals surface area contributed by atoms with Crippen molar-refractivity contribution in [3.8, 4) is 0 Å². The van der Waals surface area contributed by atoms with Crippen molar-refractivity contribution in [2.24, 2.45) is 11.8 Å². The van der Waals surface area contributed by atoms with Gasteiger partial charge < -0.3 is 0 Å². The highest BCUT2D eigenvalue weighted by atomic mass is 35.5. The summed E-state index contributed by atoms with van der Waals surface area (Å²) in [7, 11) is 0. The first-order valence-corrected chi connectivity index (χ1v) is 11.2. The third-order valence-corrected chi connectivity index (χ3v) is 7.88. The van der Waals surface area contributed by atoms with Crippen molar-refractivity contribution in [1.29, 1.82) is 0 Å². The van der Waals surface area contributed by atoms with Gasteiger partial charge in [-0.3, -0.25) is 24.5 Å². The normalized spacial score (nSPS) is 26.2. The molecule has 7 rings (SSSR count). The zero-order valence-corrected chi connectivity index (χ0v) is 18.7. The molecule has 168 valence electrons. The van der Waals surface area contributed by atoms with Crippen molar-refractivity contribution in [1.82, 2.24) is 0 Å². The Morgan fingerprint density at radius 2 is 1.56 bits per heavy atom. The minimum absolute atomic E-state index is 0.0757. The molecule has 0 N–H and O–H groups in total. The fourth-order valence-corrected chi connectivity index (χ4v) is 6.59. The molecule has 0 unspecified atom stereocenters. The zero-order chi connectivity index (χ0) is 23.9. The quantitative estimate of drug-likeness (QED) is 0.320. The lowest BCUT2D eigenvalue weighted by Crippen LogP contribution is -2.57. The number of Topliss-reactive ketones (excluding diaryl/α,β-unsaturated/α-hetero) is 1. The fourth-order valence-electron chi connectivity index (χ4n) is 6.40. The van der Waals surface area contributed by atoms with Gasteiger partial charge in [-0.2, -0.15) is 0 Å². The lowest BCUT2D eigenvalue weighted by Gasteiger charge is -2.52. The number of ketones is 1. The number of halogens is 1. The first-order valence-electron chi connectivity index (χ1n) is 10.8. The highest BCUT2D eigenvalue weighted by Gasteiger charge is 2.70. The molecule has 3 aromatic carbocycles. The molecule has 2 bridgehead atoms. The third-order valence-electron chi connectivity index (χ3n) is 7.56. The van der Waals surface area contributed by atoms with Crippen LogP contribution in [0.2, 0.25) is 5.02 Å². The van der Waals surface area contributed by atoms with E-state index in [1.54, 1.807) is 0 Å². The standard InChI is InChI=1S/C26H17ClN2O5/c1-13(30)26-17-8-4-2-6-15(17)21(16-7-3-5-9-18(16)26)22-23(26)25(32)28(24(22)31)14-10-11-19(27)20(12-14)29(33)34/h2-12,21-23H,1H3/t21?,22-,23-,26?/m1/s1. The van der Waals surface area contributed by atoms with E-state index in [2.05, 4.69) is 0 Å². The Morgan fingerprint density at radius 3 is 2.12 bits per heavy atom. The van der Waals surface area contributed by atoms with E-state index in [9.17, 15) is 24.5 Å². The predicted molar refractivity (Wildman–Crippen MR) is 124 cm³/mol. The molecular weight excluding hydrogens is 456 g/mol. The van der Waals surface area contributed by atoms with Crippen LogP contribution in [0.5, 0.6) is 0 Å². The number of hydrogen-bond donors (Lipinski definition) is 0. The Morgan fingerprint density at radius 1 is 0.971 bits per heavy atom. The molecule has 1 aliphatic heterocycles. The van der Waals surface area contributed by atoms with Crippen molar-refractivity contribution < 1.29 is 19.3 Å². The maximum Gasteiger partial charge on any atom is 0.289 e. The van der Waals surface area contributed by atoms with E-state index in [0.29, 0.717) is 0 Å². The number of imide groups is 1. The number of anilines is 1. The van der Waals surface area contributed by atoms with Gasteiger partial charge in [-0.25, -0.2) is 4.90 Å². The van der Waals surface area contributed by atoms with E-state index in [1.807, 2.05) is 48.5 Å². The molecule has 8 heteroatoms. The molecule has 1 heterocycles. The molecule has 0 radical (unpaired) electrons. The molecule has 3 aromatic rings. The molecule has 2 atom stereocenters. The molecule has 0 aromatic heterocycles.